The van der Waals surface area contributed by atoms with Crippen LogP contribution in [0.4, 0.5) is 0 Å². The van der Waals surface area contributed by atoms with E-state index < -0.39 is 0 Å². The first kappa shape index (κ1) is 15.3. The average molecular weight is 295 g/mol. The summed E-state index contributed by atoms with van der Waals surface area (Å²) in [5, 5.41) is 6.73. The Bertz CT molecular complexity index is 334. The summed E-state index contributed by atoms with van der Waals surface area (Å²) in [5.41, 5.74) is 0. The Kier molecular flexibility index (Phi) is 5.49. The third-order valence-corrected chi connectivity index (χ3v) is 4.81. The minimum Gasteiger partial charge on any atom is -0.381 e. The van der Waals surface area contributed by atoms with Crippen LogP contribution in [0.2, 0.25) is 0 Å². The van der Waals surface area contributed by atoms with Crippen LogP contribution in [0.5, 0.6) is 0 Å². The molecule has 1 atom stereocenters. The smallest absolute Gasteiger partial charge is 0.234 e. The summed E-state index contributed by atoms with van der Waals surface area (Å²) in [6.07, 6.45) is 7.13. The number of hydrogen-bond acceptors (Lipinski definition) is 4. The number of carbonyl (C=O) groups is 1. The Hall–Kier alpha value is -0.650. The highest BCUT2D eigenvalue weighted by Gasteiger charge is 2.28. The monoisotopic (exact) mass is 295 g/mol. The molecule has 21 heavy (non-hydrogen) atoms. The molecule has 2 saturated heterocycles. The van der Waals surface area contributed by atoms with Gasteiger partial charge in [0.2, 0.25) is 5.91 Å². The van der Waals surface area contributed by atoms with Gasteiger partial charge in [0.15, 0.2) is 0 Å². The highest BCUT2D eigenvalue weighted by Crippen LogP contribution is 2.29. The summed E-state index contributed by atoms with van der Waals surface area (Å²) in [7, 11) is 0. The van der Waals surface area contributed by atoms with Gasteiger partial charge in [-0.1, -0.05) is 0 Å². The van der Waals surface area contributed by atoms with Crippen molar-refractivity contribution in [3.63, 3.8) is 0 Å². The molecule has 0 aromatic heterocycles. The van der Waals surface area contributed by atoms with Crippen LogP contribution in [0.3, 0.4) is 0 Å². The van der Waals surface area contributed by atoms with Crippen molar-refractivity contribution in [1.82, 2.24) is 15.5 Å². The van der Waals surface area contributed by atoms with Crippen molar-refractivity contribution in [2.75, 3.05) is 39.4 Å². The third kappa shape index (κ3) is 5.24. The lowest BCUT2D eigenvalue weighted by Crippen LogP contribution is -2.47. The fourth-order valence-electron chi connectivity index (χ4n) is 3.41. The van der Waals surface area contributed by atoms with Crippen molar-refractivity contribution < 1.29 is 9.53 Å². The normalized spacial score (nSPS) is 27.2. The zero-order chi connectivity index (χ0) is 14.5. The molecule has 2 heterocycles. The zero-order valence-corrected chi connectivity index (χ0v) is 13.0. The number of nitrogens with one attached hydrogen (secondary N) is 2. The molecule has 1 unspecified atom stereocenters. The molecule has 5 heteroatoms. The van der Waals surface area contributed by atoms with E-state index in [0.717, 1.165) is 51.6 Å². The summed E-state index contributed by atoms with van der Waals surface area (Å²) in [5.74, 6) is 1.03. The minimum absolute atomic E-state index is 0.195. The number of carbonyl (C=O) groups excluding carboxylic acids is 1. The highest BCUT2D eigenvalue weighted by molar-refractivity contribution is 5.78. The second-order valence-corrected chi connectivity index (χ2v) is 6.88. The van der Waals surface area contributed by atoms with E-state index in [9.17, 15) is 4.79 Å². The Morgan fingerprint density at radius 1 is 1.14 bits per heavy atom. The molecule has 1 saturated carbocycles. The zero-order valence-electron chi connectivity index (χ0n) is 13.0. The van der Waals surface area contributed by atoms with Gasteiger partial charge in [-0.05, 0) is 51.0 Å². The Labute approximate surface area is 127 Å². The van der Waals surface area contributed by atoms with Gasteiger partial charge in [0.1, 0.15) is 0 Å². The first-order valence-corrected chi connectivity index (χ1v) is 8.62. The van der Waals surface area contributed by atoms with Gasteiger partial charge in [0, 0.05) is 38.4 Å². The molecule has 0 aromatic rings. The number of nitrogens with zero attached hydrogens (tertiary/aromatic N) is 1. The van der Waals surface area contributed by atoms with Gasteiger partial charge in [-0.25, -0.2) is 0 Å². The van der Waals surface area contributed by atoms with Gasteiger partial charge in [0.25, 0.3) is 0 Å². The molecule has 2 aliphatic heterocycles. The molecule has 1 amide bonds. The van der Waals surface area contributed by atoms with Crippen molar-refractivity contribution in [3.05, 3.63) is 0 Å². The number of amides is 1. The quantitative estimate of drug-likeness (QED) is 0.728. The summed E-state index contributed by atoms with van der Waals surface area (Å²) in [6, 6.07) is 0.901. The second-order valence-electron chi connectivity index (χ2n) is 6.88. The van der Waals surface area contributed by atoms with E-state index in [0.29, 0.717) is 18.6 Å². The molecule has 5 nitrogen and oxygen atoms in total. The number of rotatable bonds is 7. The van der Waals surface area contributed by atoms with E-state index in [1.54, 1.807) is 0 Å². The molecular formula is C16H29N3O2. The number of hydrogen-bond donors (Lipinski definition) is 2. The maximum atomic E-state index is 12.3. The molecular weight excluding hydrogens is 266 g/mol. The second kappa shape index (κ2) is 7.56. The number of ether oxygens (including phenoxy) is 1. The molecule has 0 aromatic carbocycles. The first-order valence-electron chi connectivity index (χ1n) is 8.62. The predicted octanol–water partition coefficient (Wildman–Crippen LogP) is 0.746. The molecule has 0 radical (unpaired) electrons. The van der Waals surface area contributed by atoms with Crippen LogP contribution in [0.25, 0.3) is 0 Å². The lowest BCUT2D eigenvalue weighted by atomic mass is 10.1. The molecule has 3 rings (SSSR count). The maximum absolute atomic E-state index is 12.3. The summed E-state index contributed by atoms with van der Waals surface area (Å²) in [4.78, 5) is 14.7. The van der Waals surface area contributed by atoms with E-state index in [4.69, 9.17) is 4.74 Å². The summed E-state index contributed by atoms with van der Waals surface area (Å²) >= 11 is 0. The van der Waals surface area contributed by atoms with E-state index >= 15 is 0 Å². The fraction of sp³-hybridized carbons (Fsp3) is 0.938. The van der Waals surface area contributed by atoms with Gasteiger partial charge in [-0.2, -0.15) is 0 Å². The fourth-order valence-corrected chi connectivity index (χ4v) is 3.41. The molecule has 0 bridgehead atoms. The van der Waals surface area contributed by atoms with E-state index in [1.807, 2.05) is 0 Å². The highest BCUT2D eigenvalue weighted by atomic mass is 16.5. The van der Waals surface area contributed by atoms with Crippen LogP contribution in [-0.4, -0.2) is 62.3 Å². The summed E-state index contributed by atoms with van der Waals surface area (Å²) < 4.78 is 5.34. The average Bonchev–Trinajstić information content (AvgIpc) is 3.13. The van der Waals surface area contributed by atoms with Crippen LogP contribution in [-0.2, 0) is 9.53 Å². The minimum atomic E-state index is 0.195. The van der Waals surface area contributed by atoms with Crippen LogP contribution in [0.1, 0.15) is 38.5 Å². The molecule has 120 valence electrons. The van der Waals surface area contributed by atoms with Crippen molar-refractivity contribution in [2.24, 2.45) is 5.92 Å². The van der Waals surface area contributed by atoms with E-state index in [2.05, 4.69) is 15.5 Å². The Balaban J connectivity index is 1.43. The van der Waals surface area contributed by atoms with Crippen LogP contribution in [0, 0.1) is 5.92 Å². The van der Waals surface area contributed by atoms with Crippen LogP contribution < -0.4 is 10.6 Å². The SMILES string of the molecule is O=C(CN(CC1CC1)CC1CCCN1)NC1CCOCC1. The Morgan fingerprint density at radius 2 is 1.95 bits per heavy atom. The van der Waals surface area contributed by atoms with Gasteiger partial charge >= 0.3 is 0 Å². The maximum Gasteiger partial charge on any atom is 0.234 e. The molecule has 1 aliphatic carbocycles. The molecule has 3 aliphatic rings. The third-order valence-electron chi connectivity index (χ3n) is 4.81. The molecule has 0 spiro atoms. The van der Waals surface area contributed by atoms with Gasteiger partial charge in [0.05, 0.1) is 6.54 Å². The van der Waals surface area contributed by atoms with E-state index in [-0.39, 0.29) is 5.91 Å². The predicted molar refractivity (Wildman–Crippen MR) is 82.2 cm³/mol. The lowest BCUT2D eigenvalue weighted by Gasteiger charge is -2.27. The van der Waals surface area contributed by atoms with Crippen molar-refractivity contribution in [3.8, 4) is 0 Å². The largest absolute Gasteiger partial charge is 0.381 e. The summed E-state index contributed by atoms with van der Waals surface area (Å²) in [6.45, 7) is 5.38. The van der Waals surface area contributed by atoms with E-state index in [1.165, 1.54) is 25.7 Å². The molecule has 3 fully saturated rings. The standard InChI is InChI=1S/C16H29N3O2/c20-16(18-14-5-8-21-9-6-14)12-19(10-13-3-4-13)11-15-2-1-7-17-15/h13-15,17H,1-12H2,(H,18,20). The van der Waals surface area contributed by atoms with Gasteiger partial charge in [-0.15, -0.1) is 0 Å². The van der Waals surface area contributed by atoms with Gasteiger partial charge in [-0.3, -0.25) is 9.69 Å². The first-order chi connectivity index (χ1) is 10.3. The Morgan fingerprint density at radius 3 is 2.62 bits per heavy atom. The van der Waals surface area contributed by atoms with Crippen molar-refractivity contribution >= 4 is 5.91 Å². The lowest BCUT2D eigenvalue weighted by molar-refractivity contribution is -0.123. The van der Waals surface area contributed by atoms with Crippen LogP contribution in [0.15, 0.2) is 0 Å². The topological polar surface area (TPSA) is 53.6 Å². The van der Waals surface area contributed by atoms with Crippen molar-refractivity contribution in [2.45, 2.75) is 50.6 Å². The van der Waals surface area contributed by atoms with Crippen molar-refractivity contribution in [1.29, 1.82) is 0 Å². The van der Waals surface area contributed by atoms with Crippen LogP contribution >= 0.6 is 0 Å². The molecule has 2 N–H and O–H groups in total. The van der Waals surface area contributed by atoms with Gasteiger partial charge < -0.3 is 15.4 Å².